The summed E-state index contributed by atoms with van der Waals surface area (Å²) in [6, 6.07) is 16.2. The molecule has 0 aromatic heterocycles. The number of anilines is 1. The highest BCUT2D eigenvalue weighted by Crippen LogP contribution is 2.21. The maximum atomic E-state index is 12.4. The van der Waals surface area contributed by atoms with Gasteiger partial charge in [0.2, 0.25) is 11.8 Å². The van der Waals surface area contributed by atoms with Gasteiger partial charge in [0.05, 0.1) is 17.6 Å². The highest BCUT2D eigenvalue weighted by Gasteiger charge is 2.33. The van der Waals surface area contributed by atoms with Crippen molar-refractivity contribution >= 4 is 29.1 Å². The van der Waals surface area contributed by atoms with E-state index in [0.29, 0.717) is 29.4 Å². The highest BCUT2D eigenvalue weighted by molar-refractivity contribution is 6.30. The number of rotatable bonds is 5. The second-order valence-electron chi connectivity index (χ2n) is 6.30. The molecule has 132 valence electrons. The fourth-order valence-electron chi connectivity index (χ4n) is 2.95. The Bertz CT molecular complexity index is 841. The summed E-state index contributed by atoms with van der Waals surface area (Å²) in [7, 11) is 0. The summed E-state index contributed by atoms with van der Waals surface area (Å²) >= 11 is 5.87. The second-order valence-corrected chi connectivity index (χ2v) is 6.73. The first-order valence-corrected chi connectivity index (χ1v) is 8.76. The molecular formula is C20H18ClN3O2. The van der Waals surface area contributed by atoms with E-state index in [1.807, 2.05) is 30.3 Å². The van der Waals surface area contributed by atoms with Crippen LogP contribution in [0.1, 0.15) is 17.5 Å². The Balaban J connectivity index is 1.53. The molecule has 0 radical (unpaired) electrons. The van der Waals surface area contributed by atoms with Crippen LogP contribution in [-0.2, 0) is 16.0 Å². The predicted molar refractivity (Wildman–Crippen MR) is 99.6 cm³/mol. The van der Waals surface area contributed by atoms with E-state index >= 15 is 0 Å². The molecule has 1 saturated heterocycles. The zero-order chi connectivity index (χ0) is 18.5. The van der Waals surface area contributed by atoms with Crippen molar-refractivity contribution in [3.05, 3.63) is 64.7 Å². The number of nitrogens with zero attached hydrogens (tertiary/aromatic N) is 2. The molecule has 1 aliphatic rings. The minimum absolute atomic E-state index is 0.000980. The fraction of sp³-hybridized carbons (Fsp3) is 0.250. The van der Waals surface area contributed by atoms with Crippen molar-refractivity contribution in [1.29, 1.82) is 5.26 Å². The van der Waals surface area contributed by atoms with E-state index in [2.05, 4.69) is 5.32 Å². The molecule has 5 nitrogen and oxygen atoms in total. The molecule has 2 aromatic rings. The minimum atomic E-state index is -0.358. The number of benzene rings is 2. The molecule has 26 heavy (non-hydrogen) atoms. The van der Waals surface area contributed by atoms with Crippen molar-refractivity contribution in [2.24, 2.45) is 5.92 Å². The fourth-order valence-corrected chi connectivity index (χ4v) is 3.08. The van der Waals surface area contributed by atoms with Gasteiger partial charge in [-0.1, -0.05) is 23.7 Å². The first kappa shape index (κ1) is 18.0. The zero-order valence-corrected chi connectivity index (χ0v) is 14.9. The van der Waals surface area contributed by atoms with Gasteiger partial charge in [-0.3, -0.25) is 9.59 Å². The molecule has 0 bridgehead atoms. The third kappa shape index (κ3) is 4.41. The average molecular weight is 368 g/mol. The molecule has 0 saturated carbocycles. The molecule has 1 atom stereocenters. The summed E-state index contributed by atoms with van der Waals surface area (Å²) in [5.41, 5.74) is 2.26. The Kier molecular flexibility index (Phi) is 5.55. The highest BCUT2D eigenvalue weighted by atomic mass is 35.5. The molecule has 1 unspecified atom stereocenters. The number of hydrogen-bond acceptors (Lipinski definition) is 3. The lowest BCUT2D eigenvalue weighted by molar-refractivity contribution is -0.128. The van der Waals surface area contributed by atoms with Gasteiger partial charge < -0.3 is 10.2 Å². The van der Waals surface area contributed by atoms with Crippen LogP contribution in [0.15, 0.2) is 48.5 Å². The van der Waals surface area contributed by atoms with Gasteiger partial charge in [-0.05, 0) is 48.4 Å². The minimum Gasteiger partial charge on any atom is -0.342 e. The van der Waals surface area contributed by atoms with Crippen LogP contribution in [0, 0.1) is 17.2 Å². The van der Waals surface area contributed by atoms with Crippen LogP contribution in [-0.4, -0.2) is 29.8 Å². The van der Waals surface area contributed by atoms with E-state index < -0.39 is 0 Å². The van der Waals surface area contributed by atoms with Gasteiger partial charge >= 0.3 is 0 Å². The van der Waals surface area contributed by atoms with Crippen LogP contribution in [0.2, 0.25) is 5.02 Å². The monoisotopic (exact) mass is 367 g/mol. The van der Waals surface area contributed by atoms with Gasteiger partial charge in [0.15, 0.2) is 0 Å². The van der Waals surface area contributed by atoms with Gasteiger partial charge in [-0.15, -0.1) is 0 Å². The van der Waals surface area contributed by atoms with E-state index in [1.54, 1.807) is 29.2 Å². The van der Waals surface area contributed by atoms with Crippen LogP contribution in [0.25, 0.3) is 0 Å². The van der Waals surface area contributed by atoms with Gasteiger partial charge in [-0.2, -0.15) is 5.26 Å². The predicted octanol–water partition coefficient (Wildman–Crippen LogP) is 3.24. The second kappa shape index (κ2) is 8.03. The summed E-state index contributed by atoms with van der Waals surface area (Å²) in [6.45, 7) is 1.01. The molecule has 1 N–H and O–H groups in total. The summed E-state index contributed by atoms with van der Waals surface area (Å²) < 4.78 is 0. The van der Waals surface area contributed by atoms with E-state index in [-0.39, 0.29) is 24.2 Å². The first-order valence-electron chi connectivity index (χ1n) is 8.38. The van der Waals surface area contributed by atoms with Crippen LogP contribution < -0.4 is 5.32 Å². The Hall–Kier alpha value is -2.84. The zero-order valence-electron chi connectivity index (χ0n) is 14.1. The van der Waals surface area contributed by atoms with Crippen LogP contribution >= 0.6 is 11.6 Å². The van der Waals surface area contributed by atoms with Crippen molar-refractivity contribution < 1.29 is 9.59 Å². The standard InChI is InChI=1S/C20H18ClN3O2/c21-17-5-1-14(2-6-17)9-10-24-13-16(11-19(24)25)20(26)23-18-7-3-15(12-22)4-8-18/h1-8,16H,9-11,13H2,(H,23,26). The van der Waals surface area contributed by atoms with Crippen molar-refractivity contribution in [3.8, 4) is 6.07 Å². The largest absolute Gasteiger partial charge is 0.342 e. The van der Waals surface area contributed by atoms with Crippen molar-refractivity contribution in [2.45, 2.75) is 12.8 Å². The summed E-state index contributed by atoms with van der Waals surface area (Å²) in [5, 5.41) is 12.3. The molecule has 1 aliphatic heterocycles. The Morgan fingerprint density at radius 3 is 2.54 bits per heavy atom. The third-order valence-electron chi connectivity index (χ3n) is 4.45. The Labute approximate surface area is 157 Å². The molecule has 2 aromatic carbocycles. The van der Waals surface area contributed by atoms with Gasteiger partial charge in [0, 0.05) is 30.2 Å². The topological polar surface area (TPSA) is 73.2 Å². The molecule has 1 fully saturated rings. The molecule has 1 heterocycles. The molecule has 0 aliphatic carbocycles. The van der Waals surface area contributed by atoms with Crippen molar-refractivity contribution in [2.75, 3.05) is 18.4 Å². The van der Waals surface area contributed by atoms with Crippen molar-refractivity contribution in [3.63, 3.8) is 0 Å². The summed E-state index contributed by atoms with van der Waals surface area (Å²) in [6.07, 6.45) is 0.954. The molecular weight excluding hydrogens is 350 g/mol. The lowest BCUT2D eigenvalue weighted by Crippen LogP contribution is -2.30. The van der Waals surface area contributed by atoms with Gasteiger partial charge in [0.25, 0.3) is 0 Å². The molecule has 2 amide bonds. The number of nitrogens with one attached hydrogen (secondary N) is 1. The lowest BCUT2D eigenvalue weighted by Gasteiger charge is -2.16. The maximum absolute atomic E-state index is 12.4. The Morgan fingerprint density at radius 2 is 1.88 bits per heavy atom. The SMILES string of the molecule is N#Cc1ccc(NC(=O)C2CC(=O)N(CCc3ccc(Cl)cc3)C2)cc1. The van der Waals surface area contributed by atoms with Crippen molar-refractivity contribution in [1.82, 2.24) is 4.90 Å². The number of hydrogen-bond donors (Lipinski definition) is 1. The number of halogens is 1. The van der Waals surface area contributed by atoms with E-state index in [4.69, 9.17) is 16.9 Å². The molecule has 3 rings (SSSR count). The van der Waals surface area contributed by atoms with Crippen LogP contribution in [0.4, 0.5) is 5.69 Å². The van der Waals surface area contributed by atoms with Gasteiger partial charge in [-0.25, -0.2) is 0 Å². The quantitative estimate of drug-likeness (QED) is 0.881. The van der Waals surface area contributed by atoms with E-state index in [9.17, 15) is 9.59 Å². The summed E-state index contributed by atoms with van der Waals surface area (Å²) in [5.74, 6) is -0.528. The average Bonchev–Trinajstić information content (AvgIpc) is 3.03. The first-order chi connectivity index (χ1) is 12.5. The molecule has 6 heteroatoms. The van der Waals surface area contributed by atoms with Crippen LogP contribution in [0.5, 0.6) is 0 Å². The van der Waals surface area contributed by atoms with E-state index in [1.165, 1.54) is 0 Å². The molecule has 0 spiro atoms. The summed E-state index contributed by atoms with van der Waals surface area (Å²) in [4.78, 5) is 26.3. The number of carbonyl (C=O) groups is 2. The maximum Gasteiger partial charge on any atom is 0.229 e. The lowest BCUT2D eigenvalue weighted by atomic mass is 10.1. The number of amides is 2. The van der Waals surface area contributed by atoms with Crippen LogP contribution in [0.3, 0.4) is 0 Å². The van der Waals surface area contributed by atoms with Gasteiger partial charge in [0.1, 0.15) is 0 Å². The number of nitriles is 1. The van der Waals surface area contributed by atoms with E-state index in [0.717, 1.165) is 12.0 Å². The normalized spacial score (nSPS) is 16.4. The smallest absolute Gasteiger partial charge is 0.229 e. The number of likely N-dealkylation sites (tertiary alicyclic amines) is 1. The Morgan fingerprint density at radius 1 is 1.19 bits per heavy atom. The third-order valence-corrected chi connectivity index (χ3v) is 4.70. The number of carbonyl (C=O) groups excluding carboxylic acids is 2.